The van der Waals surface area contributed by atoms with Crippen molar-refractivity contribution < 1.29 is 18.0 Å². The summed E-state index contributed by atoms with van der Waals surface area (Å²) in [6, 6.07) is 5.14. The normalized spacial score (nSPS) is 11.4. The van der Waals surface area contributed by atoms with E-state index in [1.54, 1.807) is 0 Å². The Morgan fingerprint density at radius 2 is 1.96 bits per heavy atom. The number of nitrogens with one attached hydrogen (secondary N) is 1. The van der Waals surface area contributed by atoms with E-state index >= 15 is 0 Å². The lowest BCUT2D eigenvalue weighted by Crippen LogP contribution is -2.24. The Kier molecular flexibility index (Phi) is 4.28. The molecule has 1 N–H and O–H groups in total. The Labute approximate surface area is 143 Å². The predicted octanol–water partition coefficient (Wildman–Crippen LogP) is 1.63. The molecule has 26 heavy (non-hydrogen) atoms. The van der Waals surface area contributed by atoms with Crippen molar-refractivity contribution >= 4 is 11.6 Å². The molecule has 2 aromatic heterocycles. The molecule has 0 aliphatic rings. The Morgan fingerprint density at radius 1 is 1.19 bits per heavy atom. The fourth-order valence-electron chi connectivity index (χ4n) is 2.15. The van der Waals surface area contributed by atoms with Crippen molar-refractivity contribution in [3.8, 4) is 5.69 Å². The van der Waals surface area contributed by atoms with E-state index in [0.29, 0.717) is 0 Å². The van der Waals surface area contributed by atoms with Gasteiger partial charge in [-0.05, 0) is 24.3 Å². The van der Waals surface area contributed by atoms with Gasteiger partial charge in [-0.2, -0.15) is 23.4 Å². The average Bonchev–Trinajstić information content (AvgIpc) is 3.10. The van der Waals surface area contributed by atoms with Gasteiger partial charge in [-0.15, -0.1) is 0 Å². The van der Waals surface area contributed by atoms with Crippen LogP contribution < -0.4 is 10.9 Å². The number of aromatic nitrogens is 5. The highest BCUT2D eigenvalue weighted by molar-refractivity contribution is 6.03. The third-order valence-electron chi connectivity index (χ3n) is 3.43. The summed E-state index contributed by atoms with van der Waals surface area (Å²) in [6.07, 6.45) is -2.10. The molecule has 1 aromatic carbocycles. The first-order valence-electron chi connectivity index (χ1n) is 7.17. The molecule has 0 saturated carbocycles. The van der Waals surface area contributed by atoms with E-state index in [1.807, 2.05) is 0 Å². The van der Waals surface area contributed by atoms with Gasteiger partial charge in [-0.25, -0.2) is 14.3 Å². The Balaban J connectivity index is 2.02. The smallest absolute Gasteiger partial charge is 0.319 e. The van der Waals surface area contributed by atoms with Crippen LogP contribution in [-0.2, 0) is 13.2 Å². The second-order valence-corrected chi connectivity index (χ2v) is 5.20. The van der Waals surface area contributed by atoms with E-state index in [-0.39, 0.29) is 17.1 Å². The quantitative estimate of drug-likeness (QED) is 0.762. The number of nitrogens with zero attached hydrogens (tertiary/aromatic N) is 5. The summed E-state index contributed by atoms with van der Waals surface area (Å²) in [6.45, 7) is 0. The van der Waals surface area contributed by atoms with Gasteiger partial charge in [0.1, 0.15) is 18.3 Å². The number of hydrogen-bond acceptors (Lipinski definition) is 5. The summed E-state index contributed by atoms with van der Waals surface area (Å²) in [5.74, 6) is -0.777. The minimum Gasteiger partial charge on any atom is -0.319 e. The second kappa shape index (κ2) is 6.43. The summed E-state index contributed by atoms with van der Waals surface area (Å²) >= 11 is 0. The molecule has 134 valence electrons. The molecule has 0 aliphatic heterocycles. The van der Waals surface area contributed by atoms with Gasteiger partial charge in [-0.1, -0.05) is 0 Å². The van der Waals surface area contributed by atoms with Crippen molar-refractivity contribution in [2.24, 2.45) is 7.05 Å². The van der Waals surface area contributed by atoms with Gasteiger partial charge in [0.05, 0.1) is 16.9 Å². The standard InChI is InChI=1S/C15H11F3N6O2/c1-23-13(25)5-3-10(22-23)14(26)21-11-6-9(15(16,17)18)2-4-12(11)24-8-19-7-20-24/h2-8H,1H3,(H,21,26). The molecule has 0 saturated heterocycles. The fourth-order valence-corrected chi connectivity index (χ4v) is 2.15. The maximum atomic E-state index is 13.0. The maximum absolute atomic E-state index is 13.0. The second-order valence-electron chi connectivity index (χ2n) is 5.20. The van der Waals surface area contributed by atoms with Crippen LogP contribution in [-0.4, -0.2) is 30.5 Å². The van der Waals surface area contributed by atoms with Crippen molar-refractivity contribution in [2.75, 3.05) is 5.32 Å². The van der Waals surface area contributed by atoms with Crippen LogP contribution in [0, 0.1) is 0 Å². The lowest BCUT2D eigenvalue weighted by atomic mass is 10.1. The topological polar surface area (TPSA) is 94.7 Å². The molecule has 0 radical (unpaired) electrons. The number of benzene rings is 1. The van der Waals surface area contributed by atoms with Crippen LogP contribution >= 0.6 is 0 Å². The van der Waals surface area contributed by atoms with Crippen molar-refractivity contribution in [1.29, 1.82) is 0 Å². The molecule has 8 nitrogen and oxygen atoms in total. The predicted molar refractivity (Wildman–Crippen MR) is 83.8 cm³/mol. The Bertz CT molecular complexity index is 1010. The van der Waals surface area contributed by atoms with Gasteiger partial charge in [-0.3, -0.25) is 9.59 Å². The van der Waals surface area contributed by atoms with Gasteiger partial charge in [0.25, 0.3) is 11.5 Å². The van der Waals surface area contributed by atoms with Crippen LogP contribution in [0.3, 0.4) is 0 Å². The van der Waals surface area contributed by atoms with Crippen LogP contribution in [0.2, 0.25) is 0 Å². The summed E-state index contributed by atoms with van der Waals surface area (Å²) in [5.41, 5.74) is -1.44. The van der Waals surface area contributed by atoms with Crippen LogP contribution in [0.5, 0.6) is 0 Å². The van der Waals surface area contributed by atoms with E-state index in [0.717, 1.165) is 22.9 Å². The maximum Gasteiger partial charge on any atom is 0.416 e. The summed E-state index contributed by atoms with van der Waals surface area (Å²) in [5, 5.41) is 9.99. The Morgan fingerprint density at radius 3 is 2.58 bits per heavy atom. The molecule has 3 rings (SSSR count). The number of aryl methyl sites for hydroxylation is 1. The summed E-state index contributed by atoms with van der Waals surface area (Å²) in [4.78, 5) is 27.4. The lowest BCUT2D eigenvalue weighted by molar-refractivity contribution is -0.137. The minimum atomic E-state index is -4.59. The average molecular weight is 364 g/mol. The monoisotopic (exact) mass is 364 g/mol. The van der Waals surface area contributed by atoms with Crippen molar-refractivity contribution in [1.82, 2.24) is 24.5 Å². The van der Waals surface area contributed by atoms with Crippen molar-refractivity contribution in [3.05, 3.63) is 64.6 Å². The van der Waals surface area contributed by atoms with Gasteiger partial charge < -0.3 is 5.32 Å². The van der Waals surface area contributed by atoms with Gasteiger partial charge >= 0.3 is 6.18 Å². The SMILES string of the molecule is Cn1nc(C(=O)Nc2cc(C(F)(F)F)ccc2-n2cncn2)ccc1=O. The van der Waals surface area contributed by atoms with Crippen LogP contribution in [0.25, 0.3) is 5.69 Å². The largest absolute Gasteiger partial charge is 0.416 e. The molecule has 0 fully saturated rings. The summed E-state index contributed by atoms with van der Waals surface area (Å²) in [7, 11) is 1.35. The zero-order valence-electron chi connectivity index (χ0n) is 13.2. The first-order chi connectivity index (χ1) is 12.3. The van der Waals surface area contributed by atoms with Gasteiger partial charge in [0.15, 0.2) is 0 Å². The van der Waals surface area contributed by atoms with E-state index in [2.05, 4.69) is 20.5 Å². The zero-order valence-corrected chi connectivity index (χ0v) is 13.2. The number of carbonyl (C=O) groups excluding carboxylic acids is 1. The Hall–Kier alpha value is -3.50. The number of halogens is 3. The number of rotatable bonds is 3. The first kappa shape index (κ1) is 17.3. The highest BCUT2D eigenvalue weighted by atomic mass is 19.4. The molecule has 2 heterocycles. The highest BCUT2D eigenvalue weighted by Gasteiger charge is 2.31. The molecule has 0 spiro atoms. The summed E-state index contributed by atoms with van der Waals surface area (Å²) < 4.78 is 41.2. The molecule has 0 bridgehead atoms. The van der Waals surface area contributed by atoms with Gasteiger partial charge in [0, 0.05) is 13.1 Å². The number of alkyl halides is 3. The number of anilines is 1. The highest BCUT2D eigenvalue weighted by Crippen LogP contribution is 2.33. The van der Waals surface area contributed by atoms with E-state index < -0.39 is 23.2 Å². The molecule has 0 aliphatic carbocycles. The lowest BCUT2D eigenvalue weighted by Gasteiger charge is -2.14. The molecule has 11 heteroatoms. The molecule has 0 unspecified atom stereocenters. The molecule has 1 amide bonds. The van der Waals surface area contributed by atoms with Crippen LogP contribution in [0.15, 0.2) is 47.8 Å². The molecular weight excluding hydrogens is 353 g/mol. The minimum absolute atomic E-state index is 0.131. The van der Waals surface area contributed by atoms with E-state index in [1.165, 1.54) is 36.5 Å². The van der Waals surface area contributed by atoms with Gasteiger partial charge in [0.2, 0.25) is 0 Å². The van der Waals surface area contributed by atoms with Crippen LogP contribution in [0.1, 0.15) is 16.1 Å². The van der Waals surface area contributed by atoms with Crippen molar-refractivity contribution in [2.45, 2.75) is 6.18 Å². The van der Waals surface area contributed by atoms with Crippen LogP contribution in [0.4, 0.5) is 18.9 Å². The number of amides is 1. The third kappa shape index (κ3) is 3.45. The number of carbonyl (C=O) groups is 1. The first-order valence-corrected chi connectivity index (χ1v) is 7.17. The molecule has 0 atom stereocenters. The molecule has 3 aromatic rings. The number of hydrogen-bond donors (Lipinski definition) is 1. The third-order valence-corrected chi connectivity index (χ3v) is 3.43. The molecular formula is C15H11F3N6O2. The van der Waals surface area contributed by atoms with E-state index in [4.69, 9.17) is 0 Å². The van der Waals surface area contributed by atoms with Crippen molar-refractivity contribution in [3.63, 3.8) is 0 Å². The fraction of sp³-hybridized carbons (Fsp3) is 0.133. The van der Waals surface area contributed by atoms with E-state index in [9.17, 15) is 22.8 Å². The zero-order chi connectivity index (χ0) is 18.9.